The van der Waals surface area contributed by atoms with Crippen molar-refractivity contribution in [3.05, 3.63) is 54.9 Å². The highest BCUT2D eigenvalue weighted by Gasteiger charge is 2.41. The standard InChI is InChI=1S/C14H13BN4O3/c20-15(21)22-19-8-4-7-17-10-18-13(14(17)19)9-12(16-18)11-5-2-1-3-6-11/h1-9,20-21H,10H2/q+2. The molecule has 0 atom stereocenters. The fraction of sp³-hybridized carbons (Fsp3) is 0.0714. The normalized spacial score (nSPS) is 11.9. The molecular weight excluding hydrogens is 283 g/mol. The smallest absolute Gasteiger partial charge is 0.387 e. The zero-order valence-corrected chi connectivity index (χ0v) is 11.6. The molecule has 0 spiro atoms. The zero-order valence-electron chi connectivity index (χ0n) is 11.6. The van der Waals surface area contributed by atoms with Gasteiger partial charge in [-0.2, -0.15) is 9.78 Å². The summed E-state index contributed by atoms with van der Waals surface area (Å²) in [6.07, 6.45) is 3.51. The van der Waals surface area contributed by atoms with E-state index in [-0.39, 0.29) is 0 Å². The Kier molecular flexibility index (Phi) is 2.92. The van der Waals surface area contributed by atoms with Gasteiger partial charge in [-0.15, -0.1) is 4.57 Å². The van der Waals surface area contributed by atoms with Crippen LogP contribution in [0.2, 0.25) is 0 Å². The molecule has 8 heteroatoms. The van der Waals surface area contributed by atoms with Crippen molar-refractivity contribution in [2.45, 2.75) is 6.67 Å². The first-order valence-electron chi connectivity index (χ1n) is 6.83. The van der Waals surface area contributed by atoms with Crippen molar-refractivity contribution in [2.24, 2.45) is 0 Å². The maximum Gasteiger partial charge on any atom is 0.772 e. The van der Waals surface area contributed by atoms with Crippen LogP contribution in [0, 0.1) is 0 Å². The molecule has 0 saturated carbocycles. The van der Waals surface area contributed by atoms with E-state index in [0.29, 0.717) is 12.5 Å². The molecule has 3 heterocycles. The van der Waals surface area contributed by atoms with Gasteiger partial charge >= 0.3 is 13.1 Å². The van der Waals surface area contributed by atoms with E-state index in [1.807, 2.05) is 51.8 Å². The Bertz CT molecular complexity index is 835. The predicted octanol–water partition coefficient (Wildman–Crippen LogP) is -0.991. The van der Waals surface area contributed by atoms with Gasteiger partial charge in [0.2, 0.25) is 18.6 Å². The highest BCUT2D eigenvalue weighted by atomic mass is 16.7. The first kappa shape index (κ1) is 13.0. The summed E-state index contributed by atoms with van der Waals surface area (Å²) in [6, 6.07) is 13.6. The van der Waals surface area contributed by atoms with E-state index in [1.54, 1.807) is 12.3 Å². The highest BCUT2D eigenvalue weighted by Crippen LogP contribution is 2.24. The van der Waals surface area contributed by atoms with Crippen LogP contribution in [0.25, 0.3) is 22.8 Å². The summed E-state index contributed by atoms with van der Waals surface area (Å²) < 4.78 is 10.1. The van der Waals surface area contributed by atoms with Gasteiger partial charge in [0.1, 0.15) is 0 Å². The van der Waals surface area contributed by atoms with E-state index < -0.39 is 7.32 Å². The molecule has 0 fully saturated rings. The van der Waals surface area contributed by atoms with E-state index in [9.17, 15) is 0 Å². The van der Waals surface area contributed by atoms with Gasteiger partial charge in [-0.25, -0.2) is 0 Å². The van der Waals surface area contributed by atoms with E-state index in [1.165, 1.54) is 4.73 Å². The van der Waals surface area contributed by atoms with Gasteiger partial charge in [0.15, 0.2) is 6.20 Å². The van der Waals surface area contributed by atoms with Crippen molar-refractivity contribution in [3.8, 4) is 22.8 Å². The van der Waals surface area contributed by atoms with E-state index in [0.717, 1.165) is 17.0 Å². The SMILES string of the molecule is OB(O)O[n+]1ccc[n+]2c1-c1cc(-c3ccccc3)nn1C2. The molecule has 1 aliphatic heterocycles. The predicted molar refractivity (Wildman–Crippen MR) is 75.7 cm³/mol. The summed E-state index contributed by atoms with van der Waals surface area (Å²) in [5.41, 5.74) is 2.74. The lowest BCUT2D eigenvalue weighted by atomic mass is 10.1. The quantitative estimate of drug-likeness (QED) is 0.376. The van der Waals surface area contributed by atoms with Gasteiger partial charge < -0.3 is 10.0 Å². The maximum absolute atomic E-state index is 9.05. The minimum absolute atomic E-state index is 0.545. The van der Waals surface area contributed by atoms with Crippen molar-refractivity contribution >= 4 is 7.32 Å². The van der Waals surface area contributed by atoms with Gasteiger partial charge in [-0.1, -0.05) is 30.3 Å². The second-order valence-electron chi connectivity index (χ2n) is 4.96. The largest absolute Gasteiger partial charge is 0.772 e. The summed E-state index contributed by atoms with van der Waals surface area (Å²) in [6.45, 7) is 0.545. The summed E-state index contributed by atoms with van der Waals surface area (Å²) in [4.78, 5) is 0. The van der Waals surface area contributed by atoms with Crippen LogP contribution < -0.4 is 14.1 Å². The lowest BCUT2D eigenvalue weighted by Gasteiger charge is -1.96. The van der Waals surface area contributed by atoms with Crippen molar-refractivity contribution in [2.75, 3.05) is 0 Å². The number of hydrogen-bond donors (Lipinski definition) is 2. The van der Waals surface area contributed by atoms with Crippen molar-refractivity contribution in [1.82, 2.24) is 9.78 Å². The highest BCUT2D eigenvalue weighted by molar-refractivity contribution is 6.32. The topological polar surface area (TPSA) is 75.3 Å². The Morgan fingerprint density at radius 1 is 1.14 bits per heavy atom. The zero-order chi connectivity index (χ0) is 15.1. The number of fused-ring (bicyclic) bond motifs is 3. The van der Waals surface area contributed by atoms with Crippen LogP contribution >= 0.6 is 0 Å². The molecule has 2 aromatic heterocycles. The van der Waals surface area contributed by atoms with E-state index in [2.05, 4.69) is 5.10 Å². The molecule has 3 aromatic rings. The van der Waals surface area contributed by atoms with Gasteiger partial charge in [0, 0.05) is 11.6 Å². The van der Waals surface area contributed by atoms with Gasteiger partial charge in [0.25, 0.3) is 0 Å². The Morgan fingerprint density at radius 3 is 2.73 bits per heavy atom. The minimum atomic E-state index is -1.89. The summed E-state index contributed by atoms with van der Waals surface area (Å²) in [5, 5.41) is 22.7. The fourth-order valence-electron chi connectivity index (χ4n) is 2.65. The maximum atomic E-state index is 9.05. The Hall–Kier alpha value is -2.71. The van der Waals surface area contributed by atoms with Crippen LogP contribution in [0.4, 0.5) is 0 Å². The molecule has 1 aromatic carbocycles. The molecule has 0 aliphatic carbocycles. The Balaban J connectivity index is 1.81. The third kappa shape index (κ3) is 2.05. The molecule has 0 amide bonds. The average molecular weight is 296 g/mol. The van der Waals surface area contributed by atoms with Gasteiger partial charge in [-0.3, -0.25) is 4.76 Å². The molecule has 108 valence electrons. The van der Waals surface area contributed by atoms with Crippen LogP contribution in [0.15, 0.2) is 54.9 Å². The average Bonchev–Trinajstić information content (AvgIpc) is 3.05. The van der Waals surface area contributed by atoms with Crippen molar-refractivity contribution in [3.63, 3.8) is 0 Å². The van der Waals surface area contributed by atoms with E-state index >= 15 is 0 Å². The first-order valence-corrected chi connectivity index (χ1v) is 6.83. The molecule has 4 rings (SSSR count). The molecule has 0 unspecified atom stereocenters. The van der Waals surface area contributed by atoms with Crippen LogP contribution in [0.3, 0.4) is 0 Å². The summed E-state index contributed by atoms with van der Waals surface area (Å²) in [7, 11) is -1.89. The number of benzene rings is 1. The van der Waals surface area contributed by atoms with Gasteiger partial charge in [-0.05, 0) is 0 Å². The molecule has 0 saturated heterocycles. The summed E-state index contributed by atoms with van der Waals surface area (Å²) >= 11 is 0. The Morgan fingerprint density at radius 2 is 1.95 bits per heavy atom. The number of rotatable bonds is 3. The third-order valence-electron chi connectivity index (χ3n) is 3.54. The summed E-state index contributed by atoms with van der Waals surface area (Å²) in [5.74, 6) is 0.699. The first-order chi connectivity index (χ1) is 10.7. The second-order valence-corrected chi connectivity index (χ2v) is 4.96. The second kappa shape index (κ2) is 4.94. The minimum Gasteiger partial charge on any atom is -0.387 e. The van der Waals surface area contributed by atoms with Crippen molar-refractivity contribution < 1.29 is 24.1 Å². The van der Waals surface area contributed by atoms with E-state index in [4.69, 9.17) is 14.8 Å². The van der Waals surface area contributed by atoms with Crippen LogP contribution in [-0.4, -0.2) is 27.1 Å². The van der Waals surface area contributed by atoms with Crippen LogP contribution in [0.1, 0.15) is 0 Å². The number of hydrogen-bond acceptors (Lipinski definition) is 4. The van der Waals surface area contributed by atoms with Gasteiger partial charge in [0.05, 0.1) is 16.5 Å². The lowest BCUT2D eigenvalue weighted by Crippen LogP contribution is -2.57. The molecule has 7 nitrogen and oxygen atoms in total. The lowest BCUT2D eigenvalue weighted by molar-refractivity contribution is -0.909. The molecule has 2 N–H and O–H groups in total. The third-order valence-corrected chi connectivity index (χ3v) is 3.54. The monoisotopic (exact) mass is 296 g/mol. The number of nitrogens with zero attached hydrogens (tertiary/aromatic N) is 4. The fourth-order valence-corrected chi connectivity index (χ4v) is 2.65. The number of aromatic nitrogens is 4. The van der Waals surface area contributed by atoms with Crippen LogP contribution in [0.5, 0.6) is 0 Å². The molecule has 22 heavy (non-hydrogen) atoms. The van der Waals surface area contributed by atoms with Crippen LogP contribution in [-0.2, 0) is 6.67 Å². The molecule has 1 aliphatic rings. The molecule has 0 radical (unpaired) electrons. The van der Waals surface area contributed by atoms with Crippen molar-refractivity contribution in [1.29, 1.82) is 0 Å². The molecular formula is C14H13BN4O3+2. The Labute approximate surface area is 126 Å². The molecule has 0 bridgehead atoms.